The Labute approximate surface area is 380 Å². The van der Waals surface area contributed by atoms with E-state index in [0.717, 1.165) is 32.9 Å². The van der Waals surface area contributed by atoms with Crippen molar-refractivity contribution in [2.24, 2.45) is 0 Å². The quantitative estimate of drug-likeness (QED) is 0.0981. The summed E-state index contributed by atoms with van der Waals surface area (Å²) in [5.74, 6) is 1.55. The Morgan fingerprint density at radius 2 is 1.22 bits per heavy atom. The van der Waals surface area contributed by atoms with E-state index in [2.05, 4.69) is 84.0 Å². The second-order valence-electron chi connectivity index (χ2n) is 15.7. The third-order valence-corrected chi connectivity index (χ3v) is 16.7. The summed E-state index contributed by atoms with van der Waals surface area (Å²) < 4.78 is 64.7. The molecule has 3 aromatic heterocycles. The van der Waals surface area contributed by atoms with Gasteiger partial charge in [0.1, 0.15) is 16.5 Å². The molecule has 332 valence electrons. The molecule has 64 heavy (non-hydrogen) atoms. The van der Waals surface area contributed by atoms with Gasteiger partial charge in [0.15, 0.2) is 0 Å². The normalized spacial score (nSPS) is 16.4. The first-order chi connectivity index (χ1) is 30.7. The molecular weight excluding hydrogens is 893 g/mol. The molecule has 0 aliphatic carbocycles. The Morgan fingerprint density at radius 3 is 1.78 bits per heavy atom. The van der Waals surface area contributed by atoms with Gasteiger partial charge in [0.05, 0.1) is 15.3 Å². The standard InChI is InChI=1S/C23H23N5O2S2.C21H23N5O4S2/c1-17-7-9-18(10-8-17)16-21-25-23(31-26-21)27-12-14-28(15-13-27)32(29,30)20-6-2-4-19-5-3-11-24-22(19)20;1-15-3-5-17(6-4-15)13-20-22-21(31-23-20)24-11-12-25(16(2)14-24)32(29,30)19-9-7-18(8-10-19)26(27)28/h2-11H,12-16H2,1H3;3-10,16H,11-14H2,1-2H3. The lowest BCUT2D eigenvalue weighted by Gasteiger charge is -2.38. The van der Waals surface area contributed by atoms with Crippen LogP contribution < -0.4 is 9.80 Å². The van der Waals surface area contributed by atoms with Gasteiger partial charge >= 0.3 is 0 Å². The van der Waals surface area contributed by atoms with Crippen LogP contribution in [-0.4, -0.2) is 106 Å². The first-order valence-corrected chi connectivity index (χ1v) is 25.0. The molecule has 0 bridgehead atoms. The molecule has 0 saturated carbocycles. The third kappa shape index (κ3) is 10.1. The fourth-order valence-electron chi connectivity index (χ4n) is 7.56. The second kappa shape index (κ2) is 19.1. The molecule has 5 heterocycles. The number of para-hydroxylation sites is 1. The zero-order chi connectivity index (χ0) is 45.0. The van der Waals surface area contributed by atoms with Gasteiger partial charge in [-0.25, -0.2) is 26.8 Å². The zero-order valence-electron chi connectivity index (χ0n) is 35.4. The van der Waals surface area contributed by atoms with Crippen molar-refractivity contribution >= 4 is 70.0 Å². The Bertz CT molecular complexity index is 2950. The smallest absolute Gasteiger partial charge is 0.269 e. The number of nitro groups is 1. The van der Waals surface area contributed by atoms with Crippen LogP contribution in [0.2, 0.25) is 0 Å². The number of pyridine rings is 1. The van der Waals surface area contributed by atoms with E-state index in [1.54, 1.807) is 22.6 Å². The van der Waals surface area contributed by atoms with Gasteiger partial charge in [0.25, 0.3) is 5.69 Å². The average molecular weight is 939 g/mol. The Balaban J connectivity index is 0.000000175. The molecule has 0 N–H and O–H groups in total. The Kier molecular flexibility index (Phi) is 13.4. The maximum atomic E-state index is 13.3. The first kappa shape index (κ1) is 44.8. The number of benzene rings is 4. The van der Waals surface area contributed by atoms with Gasteiger partial charge in [-0.1, -0.05) is 77.9 Å². The van der Waals surface area contributed by atoms with E-state index in [-0.39, 0.29) is 21.5 Å². The van der Waals surface area contributed by atoms with E-state index in [0.29, 0.717) is 64.2 Å². The van der Waals surface area contributed by atoms with Gasteiger partial charge in [-0.05, 0) is 56.2 Å². The largest absolute Gasteiger partial charge is 0.344 e. The van der Waals surface area contributed by atoms with E-state index >= 15 is 0 Å². The minimum atomic E-state index is -3.75. The van der Waals surface area contributed by atoms with Crippen molar-refractivity contribution in [2.75, 3.05) is 55.6 Å². The lowest BCUT2D eigenvalue weighted by Crippen LogP contribution is -2.54. The molecule has 7 aromatic rings. The highest BCUT2D eigenvalue weighted by Crippen LogP contribution is 2.29. The number of aryl methyl sites for hydroxylation is 2. The highest BCUT2D eigenvalue weighted by molar-refractivity contribution is 7.89. The summed E-state index contributed by atoms with van der Waals surface area (Å²) in [7, 11) is -7.37. The number of nitrogens with zero attached hydrogens (tertiary/aromatic N) is 10. The van der Waals surface area contributed by atoms with Gasteiger partial charge in [-0.3, -0.25) is 15.1 Å². The Morgan fingerprint density at radius 1 is 0.672 bits per heavy atom. The zero-order valence-corrected chi connectivity index (χ0v) is 38.7. The molecule has 1 unspecified atom stereocenters. The molecule has 20 heteroatoms. The highest BCUT2D eigenvalue weighted by atomic mass is 32.2. The summed E-state index contributed by atoms with van der Waals surface area (Å²) in [4.78, 5) is 28.4. The number of aromatic nitrogens is 5. The number of nitro benzene ring substituents is 1. The number of hydrogen-bond acceptors (Lipinski definition) is 15. The SMILES string of the molecule is Cc1ccc(Cc2nsc(N3CCN(S(=O)(=O)c4ccc([N+](=O)[O-])cc4)C(C)C3)n2)cc1.Cc1ccc(Cc2nsc(N3CCN(S(=O)(=O)c4cccc5cccnc45)CC3)n2)cc1. The van der Waals surface area contributed by atoms with Crippen LogP contribution in [0.4, 0.5) is 16.0 Å². The summed E-state index contributed by atoms with van der Waals surface area (Å²) in [5.41, 5.74) is 5.14. The summed E-state index contributed by atoms with van der Waals surface area (Å²) in [6.07, 6.45) is 2.98. The van der Waals surface area contributed by atoms with Crippen LogP contribution in [0.15, 0.2) is 119 Å². The van der Waals surface area contributed by atoms with Crippen LogP contribution in [0.1, 0.15) is 40.8 Å². The van der Waals surface area contributed by atoms with Crippen molar-refractivity contribution < 1.29 is 21.8 Å². The molecular formula is C44H46N10O6S4. The summed E-state index contributed by atoms with van der Waals surface area (Å²) in [6, 6.07) is 30.3. The predicted octanol–water partition coefficient (Wildman–Crippen LogP) is 6.74. The van der Waals surface area contributed by atoms with Gasteiger partial charge in [0, 0.05) is 111 Å². The minimum absolute atomic E-state index is 0.0553. The molecule has 4 aromatic carbocycles. The van der Waals surface area contributed by atoms with E-state index < -0.39 is 25.0 Å². The van der Waals surface area contributed by atoms with E-state index in [9.17, 15) is 26.9 Å². The van der Waals surface area contributed by atoms with E-state index in [1.807, 2.05) is 32.0 Å². The number of non-ortho nitro benzene ring substituents is 1. The molecule has 2 aliphatic heterocycles. The highest BCUT2D eigenvalue weighted by Gasteiger charge is 2.35. The van der Waals surface area contributed by atoms with E-state index in [4.69, 9.17) is 4.98 Å². The van der Waals surface area contributed by atoms with Gasteiger partial charge < -0.3 is 9.80 Å². The number of rotatable bonds is 11. The van der Waals surface area contributed by atoms with Crippen molar-refractivity contribution in [1.82, 2.24) is 32.3 Å². The number of anilines is 2. The van der Waals surface area contributed by atoms with Gasteiger partial charge in [0.2, 0.25) is 30.3 Å². The lowest BCUT2D eigenvalue weighted by atomic mass is 10.1. The first-order valence-electron chi connectivity index (χ1n) is 20.6. The molecule has 2 fully saturated rings. The number of sulfonamides is 2. The van der Waals surface area contributed by atoms with Gasteiger partial charge in [-0.15, -0.1) is 0 Å². The topological polar surface area (TPSA) is 189 Å². The third-order valence-electron chi connectivity index (χ3n) is 11.1. The van der Waals surface area contributed by atoms with E-state index in [1.165, 1.54) is 68.3 Å². The molecule has 0 radical (unpaired) electrons. The predicted molar refractivity (Wildman–Crippen MR) is 249 cm³/mol. The molecule has 2 aliphatic rings. The minimum Gasteiger partial charge on any atom is -0.344 e. The van der Waals surface area contributed by atoms with Crippen molar-refractivity contribution in [2.45, 2.75) is 49.4 Å². The maximum Gasteiger partial charge on any atom is 0.269 e. The molecule has 9 rings (SSSR count). The fourth-order valence-corrected chi connectivity index (χ4v) is 12.2. The number of piperazine rings is 2. The summed E-state index contributed by atoms with van der Waals surface area (Å²) >= 11 is 2.70. The van der Waals surface area contributed by atoms with Crippen LogP contribution >= 0.6 is 23.1 Å². The number of fused-ring (bicyclic) bond motifs is 1. The second-order valence-corrected chi connectivity index (χ2v) is 21.0. The summed E-state index contributed by atoms with van der Waals surface area (Å²) in [6.45, 7) is 9.22. The lowest BCUT2D eigenvalue weighted by molar-refractivity contribution is -0.384. The van der Waals surface area contributed by atoms with Crippen LogP contribution in [-0.2, 0) is 32.9 Å². The molecule has 2 saturated heterocycles. The summed E-state index contributed by atoms with van der Waals surface area (Å²) in [5, 5.41) is 13.3. The fraction of sp³-hybridized carbons (Fsp3) is 0.295. The monoisotopic (exact) mass is 938 g/mol. The van der Waals surface area contributed by atoms with Crippen molar-refractivity contribution in [3.8, 4) is 0 Å². The van der Waals surface area contributed by atoms with Crippen molar-refractivity contribution in [1.29, 1.82) is 0 Å². The van der Waals surface area contributed by atoms with Gasteiger partial charge in [-0.2, -0.15) is 17.4 Å². The Hall–Kier alpha value is -5.77. The van der Waals surface area contributed by atoms with Crippen molar-refractivity contribution in [3.63, 3.8) is 0 Å². The molecule has 0 amide bonds. The molecule has 0 spiro atoms. The average Bonchev–Trinajstić information content (AvgIpc) is 3.98. The van der Waals surface area contributed by atoms with Crippen molar-refractivity contribution in [3.05, 3.63) is 153 Å². The van der Waals surface area contributed by atoms with Crippen LogP contribution in [0.25, 0.3) is 10.9 Å². The van der Waals surface area contributed by atoms with Crippen LogP contribution in [0.3, 0.4) is 0 Å². The van der Waals surface area contributed by atoms with Crippen LogP contribution in [0, 0.1) is 24.0 Å². The maximum absolute atomic E-state index is 13.3. The van der Waals surface area contributed by atoms with Crippen LogP contribution in [0.5, 0.6) is 0 Å². The number of hydrogen-bond donors (Lipinski definition) is 0. The molecule has 16 nitrogen and oxygen atoms in total. The molecule has 1 atom stereocenters.